The second kappa shape index (κ2) is 7.61. The summed E-state index contributed by atoms with van der Waals surface area (Å²) >= 11 is 11.6. The largest absolute Gasteiger partial charge is 0.369 e. The topological polar surface area (TPSA) is 32.3 Å². The second-order valence-electron chi connectivity index (χ2n) is 4.48. The molecule has 0 bridgehead atoms. The van der Waals surface area contributed by atoms with Gasteiger partial charge >= 0.3 is 0 Å². The maximum atomic E-state index is 11.2. The number of nitrogens with one attached hydrogen (secondary N) is 1. The summed E-state index contributed by atoms with van der Waals surface area (Å²) in [5.41, 5.74) is 4.09. The van der Waals surface area contributed by atoms with Crippen molar-refractivity contribution in [1.82, 2.24) is 0 Å². The number of carbonyl (C=O) groups is 1. The lowest BCUT2D eigenvalue weighted by Gasteiger charge is -2.25. The number of rotatable bonds is 6. The zero-order valence-electron chi connectivity index (χ0n) is 11.6. The molecule has 0 atom stereocenters. The Bertz CT molecular complexity index is 443. The first-order valence-corrected chi connectivity index (χ1v) is 7.32. The number of benzene rings is 1. The summed E-state index contributed by atoms with van der Waals surface area (Å²) in [4.78, 5) is 13.4. The molecule has 106 valence electrons. The van der Waals surface area contributed by atoms with Crippen LogP contribution in [0, 0.1) is 13.8 Å². The summed E-state index contributed by atoms with van der Waals surface area (Å²) in [6, 6.07) is 4.07. The van der Waals surface area contributed by atoms with Gasteiger partial charge in [-0.25, -0.2) is 0 Å². The molecule has 1 rings (SSSR count). The lowest BCUT2D eigenvalue weighted by Crippen LogP contribution is -2.27. The van der Waals surface area contributed by atoms with Gasteiger partial charge in [-0.05, 0) is 37.1 Å². The predicted molar refractivity (Wildman–Crippen MR) is 83.9 cm³/mol. The Morgan fingerprint density at radius 3 is 2.26 bits per heavy atom. The quantitative estimate of drug-likeness (QED) is 0.815. The van der Waals surface area contributed by atoms with E-state index in [0.717, 1.165) is 35.6 Å². The molecular weight excluding hydrogens is 283 g/mol. The molecule has 0 aliphatic heterocycles. The van der Waals surface area contributed by atoms with E-state index in [-0.39, 0.29) is 5.91 Å². The van der Waals surface area contributed by atoms with E-state index in [1.54, 1.807) is 0 Å². The van der Waals surface area contributed by atoms with E-state index in [4.69, 9.17) is 23.2 Å². The smallest absolute Gasteiger partial charge is 0.221 e. The minimum absolute atomic E-state index is 0.0686. The zero-order valence-corrected chi connectivity index (χ0v) is 13.1. The van der Waals surface area contributed by atoms with Crippen LogP contribution in [0.15, 0.2) is 12.1 Å². The monoisotopic (exact) mass is 302 g/mol. The van der Waals surface area contributed by atoms with Gasteiger partial charge < -0.3 is 10.2 Å². The molecule has 0 heterocycles. The normalized spacial score (nSPS) is 10.4. The lowest BCUT2D eigenvalue weighted by molar-refractivity contribution is -0.114. The van der Waals surface area contributed by atoms with Crippen molar-refractivity contribution in [2.75, 3.05) is 35.1 Å². The van der Waals surface area contributed by atoms with Crippen LogP contribution in [0.5, 0.6) is 0 Å². The highest BCUT2D eigenvalue weighted by Gasteiger charge is 2.11. The summed E-state index contributed by atoms with van der Waals surface area (Å²) in [5.74, 6) is 1.01. The van der Waals surface area contributed by atoms with Crippen LogP contribution in [0.1, 0.15) is 18.1 Å². The zero-order chi connectivity index (χ0) is 14.4. The minimum atomic E-state index is -0.0686. The third-order valence-electron chi connectivity index (χ3n) is 3.04. The van der Waals surface area contributed by atoms with E-state index in [9.17, 15) is 4.79 Å². The van der Waals surface area contributed by atoms with Crippen LogP contribution in [0.2, 0.25) is 0 Å². The minimum Gasteiger partial charge on any atom is -0.369 e. The van der Waals surface area contributed by atoms with Gasteiger partial charge in [0, 0.05) is 43.1 Å². The molecule has 0 unspecified atom stereocenters. The number of amides is 1. The molecule has 1 aromatic carbocycles. The van der Waals surface area contributed by atoms with Crippen molar-refractivity contribution in [2.24, 2.45) is 0 Å². The molecule has 0 saturated heterocycles. The molecule has 1 aromatic rings. The summed E-state index contributed by atoms with van der Waals surface area (Å²) in [6.45, 7) is 7.00. The van der Waals surface area contributed by atoms with Crippen LogP contribution in [-0.2, 0) is 4.79 Å². The maximum absolute atomic E-state index is 11.2. The fourth-order valence-corrected chi connectivity index (χ4v) is 2.32. The number of carbonyl (C=O) groups excluding carboxylic acids is 1. The van der Waals surface area contributed by atoms with E-state index in [0.29, 0.717) is 11.8 Å². The average Bonchev–Trinajstić information content (AvgIpc) is 2.34. The maximum Gasteiger partial charge on any atom is 0.221 e. The predicted octanol–water partition coefficient (Wildman–Crippen LogP) is 3.55. The molecule has 0 saturated carbocycles. The first-order valence-electron chi connectivity index (χ1n) is 6.25. The first kappa shape index (κ1) is 16.1. The molecule has 0 fully saturated rings. The van der Waals surface area contributed by atoms with Crippen LogP contribution < -0.4 is 10.2 Å². The van der Waals surface area contributed by atoms with E-state index in [1.807, 2.05) is 19.9 Å². The first-order chi connectivity index (χ1) is 8.99. The Hall–Kier alpha value is -0.930. The highest BCUT2D eigenvalue weighted by atomic mass is 35.5. The van der Waals surface area contributed by atoms with Crippen molar-refractivity contribution < 1.29 is 4.79 Å². The number of hydrogen-bond donors (Lipinski definition) is 1. The second-order valence-corrected chi connectivity index (χ2v) is 5.24. The van der Waals surface area contributed by atoms with E-state index < -0.39 is 0 Å². The van der Waals surface area contributed by atoms with Gasteiger partial charge in [-0.3, -0.25) is 4.79 Å². The van der Waals surface area contributed by atoms with Crippen molar-refractivity contribution in [2.45, 2.75) is 20.8 Å². The molecule has 5 heteroatoms. The molecule has 0 aliphatic carbocycles. The van der Waals surface area contributed by atoms with Crippen LogP contribution in [0.3, 0.4) is 0 Å². The fraction of sp³-hybridized carbons (Fsp3) is 0.500. The Labute approximate surface area is 124 Å². The number of nitrogens with zero attached hydrogens (tertiary/aromatic N) is 1. The number of alkyl halides is 2. The van der Waals surface area contributed by atoms with Crippen LogP contribution >= 0.6 is 23.2 Å². The molecule has 0 radical (unpaired) electrons. The summed E-state index contributed by atoms with van der Waals surface area (Å²) in [6.07, 6.45) is 0. The van der Waals surface area contributed by atoms with Gasteiger partial charge in [-0.15, -0.1) is 23.2 Å². The number of halogens is 2. The van der Waals surface area contributed by atoms with Crippen molar-refractivity contribution in [3.05, 3.63) is 23.3 Å². The standard InChI is InChI=1S/C14H20Cl2N2O/c1-10-8-13(18(6-4-15)7-5-16)9-14(11(10)2)17-12(3)19/h8-9H,4-7H2,1-3H3,(H,17,19). The molecule has 0 aromatic heterocycles. The molecule has 1 N–H and O–H groups in total. The Balaban J connectivity index is 3.12. The van der Waals surface area contributed by atoms with E-state index in [2.05, 4.69) is 16.3 Å². The molecule has 19 heavy (non-hydrogen) atoms. The Morgan fingerprint density at radius 2 is 1.79 bits per heavy atom. The molecule has 0 aliphatic rings. The van der Waals surface area contributed by atoms with Crippen LogP contribution in [0.25, 0.3) is 0 Å². The molecule has 3 nitrogen and oxygen atoms in total. The van der Waals surface area contributed by atoms with E-state index in [1.165, 1.54) is 6.92 Å². The third-order valence-corrected chi connectivity index (χ3v) is 3.37. The average molecular weight is 303 g/mol. The Morgan fingerprint density at radius 1 is 1.21 bits per heavy atom. The van der Waals surface area contributed by atoms with Gasteiger partial charge in [-0.1, -0.05) is 0 Å². The van der Waals surface area contributed by atoms with Gasteiger partial charge in [-0.2, -0.15) is 0 Å². The Kier molecular flexibility index (Phi) is 6.46. The third kappa shape index (κ3) is 4.59. The van der Waals surface area contributed by atoms with Crippen LogP contribution in [-0.4, -0.2) is 30.8 Å². The van der Waals surface area contributed by atoms with Crippen molar-refractivity contribution in [3.8, 4) is 0 Å². The SMILES string of the molecule is CC(=O)Nc1cc(N(CCCl)CCCl)cc(C)c1C. The van der Waals surface area contributed by atoms with Crippen molar-refractivity contribution in [1.29, 1.82) is 0 Å². The van der Waals surface area contributed by atoms with Gasteiger partial charge in [0.05, 0.1) is 0 Å². The highest BCUT2D eigenvalue weighted by Crippen LogP contribution is 2.27. The van der Waals surface area contributed by atoms with Crippen LogP contribution in [0.4, 0.5) is 11.4 Å². The van der Waals surface area contributed by atoms with Gasteiger partial charge in [0.25, 0.3) is 0 Å². The summed E-state index contributed by atoms with van der Waals surface area (Å²) in [5, 5.41) is 2.86. The molecule has 1 amide bonds. The van der Waals surface area contributed by atoms with Crippen molar-refractivity contribution in [3.63, 3.8) is 0 Å². The van der Waals surface area contributed by atoms with Gasteiger partial charge in [0.2, 0.25) is 5.91 Å². The number of anilines is 2. The molecule has 0 spiro atoms. The number of aryl methyl sites for hydroxylation is 1. The van der Waals surface area contributed by atoms with Gasteiger partial charge in [0.1, 0.15) is 0 Å². The highest BCUT2D eigenvalue weighted by molar-refractivity contribution is 6.18. The van der Waals surface area contributed by atoms with E-state index >= 15 is 0 Å². The fourth-order valence-electron chi connectivity index (χ4n) is 1.92. The lowest BCUT2D eigenvalue weighted by atomic mass is 10.1. The summed E-state index contributed by atoms with van der Waals surface area (Å²) < 4.78 is 0. The van der Waals surface area contributed by atoms with Crippen molar-refractivity contribution >= 4 is 40.5 Å². The number of hydrogen-bond acceptors (Lipinski definition) is 2. The summed E-state index contributed by atoms with van der Waals surface area (Å²) in [7, 11) is 0. The molecular formula is C14H20Cl2N2O. The van der Waals surface area contributed by atoms with Gasteiger partial charge in [0.15, 0.2) is 0 Å².